The van der Waals surface area contributed by atoms with E-state index in [0.29, 0.717) is 30.4 Å². The van der Waals surface area contributed by atoms with E-state index in [4.69, 9.17) is 0 Å². The molecular weight excluding hydrogens is 428 g/mol. The van der Waals surface area contributed by atoms with Gasteiger partial charge < -0.3 is 10.2 Å². The van der Waals surface area contributed by atoms with Crippen molar-refractivity contribution in [3.8, 4) is 0 Å². The Bertz CT molecular complexity index is 1260. The summed E-state index contributed by atoms with van der Waals surface area (Å²) in [5, 5.41) is 5.31. The molecule has 1 aromatic carbocycles. The molecule has 8 nitrogen and oxygen atoms in total. The highest BCUT2D eigenvalue weighted by molar-refractivity contribution is 7.10. The van der Waals surface area contributed by atoms with E-state index in [1.165, 1.54) is 15.0 Å². The third-order valence-electron chi connectivity index (χ3n) is 5.80. The maximum atomic E-state index is 13.1. The van der Waals surface area contributed by atoms with Crippen molar-refractivity contribution >= 4 is 34.1 Å². The molecule has 32 heavy (non-hydrogen) atoms. The van der Waals surface area contributed by atoms with Crippen molar-refractivity contribution in [3.05, 3.63) is 67.0 Å². The number of aromatic nitrogens is 2. The van der Waals surface area contributed by atoms with E-state index in [1.54, 1.807) is 35.6 Å². The Hall–Kier alpha value is -3.20. The maximum absolute atomic E-state index is 13.1. The molecule has 4 rings (SSSR count). The predicted molar refractivity (Wildman–Crippen MR) is 124 cm³/mol. The zero-order chi connectivity index (χ0) is 22.7. The summed E-state index contributed by atoms with van der Waals surface area (Å²) < 4.78 is 1.38. The van der Waals surface area contributed by atoms with Crippen LogP contribution in [0.25, 0.3) is 10.9 Å². The van der Waals surface area contributed by atoms with Crippen molar-refractivity contribution in [3.63, 3.8) is 0 Å². The number of thiophene rings is 1. The SMILES string of the molecule is CCCC(NC(=O)CCn1c(=O)[nH]c(=O)c2ccccc21)C(=O)N1CCc2sccc2C1. The third-order valence-corrected chi connectivity index (χ3v) is 6.82. The number of amides is 2. The number of fused-ring (bicyclic) bond motifs is 2. The summed E-state index contributed by atoms with van der Waals surface area (Å²) in [6, 6.07) is 8.25. The van der Waals surface area contributed by atoms with Crippen LogP contribution in [-0.2, 0) is 29.1 Å². The van der Waals surface area contributed by atoms with Crippen LogP contribution in [0.4, 0.5) is 0 Å². The highest BCUT2D eigenvalue weighted by atomic mass is 32.1. The molecule has 9 heteroatoms. The molecule has 168 valence electrons. The number of H-pyrrole nitrogens is 1. The highest BCUT2D eigenvalue weighted by Crippen LogP contribution is 2.24. The fourth-order valence-electron chi connectivity index (χ4n) is 4.15. The first-order valence-electron chi connectivity index (χ1n) is 10.8. The Labute approximate surface area is 188 Å². The Morgan fingerprint density at radius 2 is 2.03 bits per heavy atom. The van der Waals surface area contributed by atoms with Gasteiger partial charge in [-0.15, -0.1) is 11.3 Å². The van der Waals surface area contributed by atoms with Crippen molar-refractivity contribution in [1.82, 2.24) is 19.8 Å². The van der Waals surface area contributed by atoms with Crippen LogP contribution in [0.2, 0.25) is 0 Å². The number of carbonyl (C=O) groups excluding carboxylic acids is 2. The molecule has 1 aliphatic rings. The number of carbonyl (C=O) groups is 2. The normalized spacial score (nSPS) is 14.2. The number of nitrogens with one attached hydrogen (secondary N) is 2. The Morgan fingerprint density at radius 1 is 1.22 bits per heavy atom. The van der Waals surface area contributed by atoms with Crippen LogP contribution in [0, 0.1) is 0 Å². The molecule has 0 aliphatic carbocycles. The Kier molecular flexibility index (Phi) is 6.55. The van der Waals surface area contributed by atoms with Gasteiger partial charge in [-0.3, -0.25) is 23.9 Å². The molecule has 3 aromatic rings. The van der Waals surface area contributed by atoms with E-state index in [9.17, 15) is 19.2 Å². The number of aromatic amines is 1. The van der Waals surface area contributed by atoms with Crippen LogP contribution in [0.1, 0.15) is 36.6 Å². The molecule has 0 saturated heterocycles. The molecule has 1 unspecified atom stereocenters. The van der Waals surface area contributed by atoms with Gasteiger partial charge in [0.15, 0.2) is 0 Å². The first-order chi connectivity index (χ1) is 15.5. The van der Waals surface area contributed by atoms with Gasteiger partial charge in [-0.25, -0.2) is 4.79 Å². The quantitative estimate of drug-likeness (QED) is 0.570. The fourth-order valence-corrected chi connectivity index (χ4v) is 5.04. The predicted octanol–water partition coefficient (Wildman–Crippen LogP) is 2.01. The summed E-state index contributed by atoms with van der Waals surface area (Å²) >= 11 is 1.72. The zero-order valence-corrected chi connectivity index (χ0v) is 18.7. The number of aryl methyl sites for hydroxylation is 1. The summed E-state index contributed by atoms with van der Waals surface area (Å²) in [5.74, 6) is -0.365. The van der Waals surface area contributed by atoms with Crippen molar-refractivity contribution < 1.29 is 9.59 Å². The summed E-state index contributed by atoms with van der Waals surface area (Å²) in [6.07, 6.45) is 2.18. The molecule has 0 fully saturated rings. The Morgan fingerprint density at radius 3 is 2.84 bits per heavy atom. The summed E-state index contributed by atoms with van der Waals surface area (Å²) in [5.41, 5.74) is 0.661. The van der Waals surface area contributed by atoms with E-state index in [1.807, 2.05) is 17.2 Å². The number of hydrogen-bond acceptors (Lipinski definition) is 5. The smallest absolute Gasteiger partial charge is 0.328 e. The van der Waals surface area contributed by atoms with Crippen LogP contribution in [-0.4, -0.2) is 38.9 Å². The molecule has 0 radical (unpaired) electrons. The van der Waals surface area contributed by atoms with Crippen LogP contribution < -0.4 is 16.6 Å². The lowest BCUT2D eigenvalue weighted by molar-refractivity contribution is -0.137. The van der Waals surface area contributed by atoms with Gasteiger partial charge in [0.05, 0.1) is 10.9 Å². The monoisotopic (exact) mass is 454 g/mol. The minimum atomic E-state index is -0.586. The maximum Gasteiger partial charge on any atom is 0.328 e. The summed E-state index contributed by atoms with van der Waals surface area (Å²) in [4.78, 5) is 55.5. The molecule has 3 heterocycles. The van der Waals surface area contributed by atoms with Gasteiger partial charge in [0.1, 0.15) is 6.04 Å². The Balaban J connectivity index is 1.43. The summed E-state index contributed by atoms with van der Waals surface area (Å²) in [7, 11) is 0. The first-order valence-corrected chi connectivity index (χ1v) is 11.7. The topological polar surface area (TPSA) is 104 Å². The van der Waals surface area contributed by atoms with Crippen LogP contribution >= 0.6 is 11.3 Å². The average molecular weight is 455 g/mol. The number of para-hydroxylation sites is 1. The molecule has 0 spiro atoms. The molecule has 0 saturated carbocycles. The van der Waals surface area contributed by atoms with Gasteiger partial charge in [-0.1, -0.05) is 25.5 Å². The van der Waals surface area contributed by atoms with Gasteiger partial charge >= 0.3 is 5.69 Å². The van der Waals surface area contributed by atoms with Gasteiger partial charge in [0, 0.05) is 30.9 Å². The fraction of sp³-hybridized carbons (Fsp3) is 0.391. The first kappa shape index (κ1) is 22.0. The second-order valence-corrected chi connectivity index (χ2v) is 8.97. The lowest BCUT2D eigenvalue weighted by Gasteiger charge is -2.31. The second kappa shape index (κ2) is 9.52. The number of nitrogens with zero attached hydrogens (tertiary/aromatic N) is 2. The highest BCUT2D eigenvalue weighted by Gasteiger charge is 2.28. The van der Waals surface area contributed by atoms with Crippen molar-refractivity contribution in [2.75, 3.05) is 6.54 Å². The number of benzene rings is 1. The standard InChI is InChI=1S/C23H26N4O4S/c1-2-5-17(22(30)26-11-8-19-15(14-26)10-13-32-19)24-20(28)9-12-27-18-7-4-3-6-16(18)21(29)25-23(27)31/h3-4,6-7,10,13,17H,2,5,8-9,11-12,14H2,1H3,(H,24,28)(H,25,29,31). The molecule has 0 bridgehead atoms. The van der Waals surface area contributed by atoms with E-state index in [2.05, 4.69) is 16.4 Å². The van der Waals surface area contributed by atoms with Gasteiger partial charge in [0.2, 0.25) is 11.8 Å². The van der Waals surface area contributed by atoms with Crippen molar-refractivity contribution in [2.45, 2.75) is 51.7 Å². The third kappa shape index (κ3) is 4.52. The minimum absolute atomic E-state index is 0.0259. The second-order valence-electron chi connectivity index (χ2n) is 7.97. The molecule has 2 amide bonds. The van der Waals surface area contributed by atoms with Gasteiger partial charge in [0.25, 0.3) is 5.56 Å². The molecule has 1 aliphatic heterocycles. The van der Waals surface area contributed by atoms with E-state index >= 15 is 0 Å². The van der Waals surface area contributed by atoms with Crippen molar-refractivity contribution in [2.24, 2.45) is 0 Å². The lowest BCUT2D eigenvalue weighted by Crippen LogP contribution is -2.49. The molecule has 1 atom stereocenters. The lowest BCUT2D eigenvalue weighted by atomic mass is 10.1. The summed E-state index contributed by atoms with van der Waals surface area (Å²) in [6.45, 7) is 3.32. The van der Waals surface area contributed by atoms with Crippen LogP contribution in [0.15, 0.2) is 45.3 Å². The molecule has 2 aromatic heterocycles. The minimum Gasteiger partial charge on any atom is -0.344 e. The van der Waals surface area contributed by atoms with Crippen LogP contribution in [0.3, 0.4) is 0 Å². The molecular formula is C23H26N4O4S. The molecule has 2 N–H and O–H groups in total. The number of rotatable bonds is 7. The van der Waals surface area contributed by atoms with E-state index in [-0.39, 0.29) is 24.8 Å². The van der Waals surface area contributed by atoms with E-state index in [0.717, 1.165) is 12.8 Å². The zero-order valence-electron chi connectivity index (χ0n) is 17.9. The largest absolute Gasteiger partial charge is 0.344 e. The average Bonchev–Trinajstić information content (AvgIpc) is 3.26. The van der Waals surface area contributed by atoms with Crippen LogP contribution in [0.5, 0.6) is 0 Å². The van der Waals surface area contributed by atoms with E-state index < -0.39 is 17.3 Å². The van der Waals surface area contributed by atoms with Crippen molar-refractivity contribution in [1.29, 1.82) is 0 Å². The number of hydrogen-bond donors (Lipinski definition) is 2. The van der Waals surface area contributed by atoms with Gasteiger partial charge in [-0.2, -0.15) is 0 Å². The van der Waals surface area contributed by atoms with Gasteiger partial charge in [-0.05, 0) is 42.0 Å².